The summed E-state index contributed by atoms with van der Waals surface area (Å²) in [5, 5.41) is 3.19. The number of hydrogen-bond acceptors (Lipinski definition) is 5. The van der Waals surface area contributed by atoms with Crippen molar-refractivity contribution in [3.05, 3.63) is 23.8 Å². The first-order valence-corrected chi connectivity index (χ1v) is 10.4. The Balaban J connectivity index is 1.76. The molecule has 29 heavy (non-hydrogen) atoms. The fourth-order valence-electron chi connectivity index (χ4n) is 4.19. The number of carbonyl (C=O) groups excluding carboxylic acids is 3. The average Bonchev–Trinajstić information content (AvgIpc) is 3.15. The van der Waals surface area contributed by atoms with Gasteiger partial charge in [-0.15, -0.1) is 0 Å². The number of nitrogens with one attached hydrogen (secondary N) is 1. The molecule has 1 aliphatic heterocycles. The van der Waals surface area contributed by atoms with Crippen LogP contribution >= 0.6 is 0 Å². The molecule has 0 bridgehead atoms. The summed E-state index contributed by atoms with van der Waals surface area (Å²) in [6, 6.07) is 5.47. The van der Waals surface area contributed by atoms with Gasteiger partial charge < -0.3 is 19.9 Å². The van der Waals surface area contributed by atoms with Crippen LogP contribution in [0.25, 0.3) is 0 Å². The molecule has 0 aromatic heterocycles. The average molecular weight is 402 g/mol. The van der Waals surface area contributed by atoms with Crippen molar-refractivity contribution < 1.29 is 19.1 Å². The van der Waals surface area contributed by atoms with Crippen LogP contribution in [0.5, 0.6) is 5.75 Å². The minimum absolute atomic E-state index is 0.0519. The summed E-state index contributed by atoms with van der Waals surface area (Å²) in [5.41, 5.74) is 1.62. The highest BCUT2D eigenvalue weighted by atomic mass is 16.5. The molecule has 2 aliphatic rings. The molecule has 1 heterocycles. The van der Waals surface area contributed by atoms with Crippen LogP contribution in [-0.2, 0) is 14.4 Å². The zero-order chi connectivity index (χ0) is 21.0. The molecule has 1 N–H and O–H groups in total. The number of rotatable bonds is 7. The van der Waals surface area contributed by atoms with Gasteiger partial charge in [-0.25, -0.2) is 0 Å². The van der Waals surface area contributed by atoms with E-state index in [1.54, 1.807) is 27.3 Å². The third kappa shape index (κ3) is 4.89. The Hall–Kier alpha value is -2.57. The van der Waals surface area contributed by atoms with Crippen molar-refractivity contribution in [3.63, 3.8) is 0 Å². The first-order valence-electron chi connectivity index (χ1n) is 10.4. The highest BCUT2D eigenvalue weighted by Crippen LogP contribution is 2.35. The quantitative estimate of drug-likeness (QED) is 0.709. The SMILES string of the molecule is COc1ccc2c(c1)NCC2C(=O)C(=O)N(CC(=O)N(C)C)CC1CCCCC1. The molecule has 0 saturated heterocycles. The molecule has 158 valence electrons. The molecule has 1 unspecified atom stereocenters. The third-order valence-electron chi connectivity index (χ3n) is 5.98. The van der Waals surface area contributed by atoms with Gasteiger partial charge in [0, 0.05) is 38.9 Å². The van der Waals surface area contributed by atoms with Gasteiger partial charge in [0.25, 0.3) is 5.91 Å². The number of carbonyl (C=O) groups is 3. The molecule has 2 amide bonds. The Morgan fingerprint density at radius 3 is 2.52 bits per heavy atom. The van der Waals surface area contributed by atoms with Crippen molar-refractivity contribution in [3.8, 4) is 5.75 Å². The van der Waals surface area contributed by atoms with E-state index >= 15 is 0 Å². The van der Waals surface area contributed by atoms with E-state index in [4.69, 9.17) is 4.74 Å². The van der Waals surface area contributed by atoms with E-state index in [0.29, 0.717) is 24.8 Å². The molecule has 1 aromatic rings. The maximum atomic E-state index is 13.1. The number of fused-ring (bicyclic) bond motifs is 1. The van der Waals surface area contributed by atoms with E-state index in [2.05, 4.69) is 5.32 Å². The monoisotopic (exact) mass is 401 g/mol. The molecule has 7 nitrogen and oxygen atoms in total. The highest BCUT2D eigenvalue weighted by Gasteiger charge is 2.36. The molecule has 0 spiro atoms. The lowest BCUT2D eigenvalue weighted by Gasteiger charge is -2.30. The molecular weight excluding hydrogens is 370 g/mol. The molecule has 0 radical (unpaired) electrons. The number of anilines is 1. The number of ether oxygens (including phenoxy) is 1. The Morgan fingerprint density at radius 2 is 1.86 bits per heavy atom. The van der Waals surface area contributed by atoms with Crippen LogP contribution in [-0.4, -0.2) is 68.2 Å². The lowest BCUT2D eigenvalue weighted by molar-refractivity contribution is -0.148. The zero-order valence-corrected chi connectivity index (χ0v) is 17.6. The fourth-order valence-corrected chi connectivity index (χ4v) is 4.19. The second-order valence-corrected chi connectivity index (χ2v) is 8.23. The minimum atomic E-state index is -0.554. The first-order chi connectivity index (χ1) is 13.9. The number of ketones is 1. The van der Waals surface area contributed by atoms with Gasteiger partial charge in [-0.3, -0.25) is 14.4 Å². The predicted molar refractivity (Wildman–Crippen MR) is 111 cm³/mol. The molecule has 1 atom stereocenters. The number of likely N-dealkylation sites (N-methyl/N-ethyl adjacent to an activating group) is 1. The van der Waals surface area contributed by atoms with E-state index in [9.17, 15) is 14.4 Å². The molecular formula is C22H31N3O4. The predicted octanol–water partition coefficient (Wildman–Crippen LogP) is 2.27. The van der Waals surface area contributed by atoms with Crippen molar-refractivity contribution in [1.82, 2.24) is 9.80 Å². The van der Waals surface area contributed by atoms with Gasteiger partial charge in [-0.1, -0.05) is 25.3 Å². The smallest absolute Gasteiger partial charge is 0.291 e. The van der Waals surface area contributed by atoms with Gasteiger partial charge in [0.2, 0.25) is 11.7 Å². The first kappa shape index (κ1) is 21.1. The molecule has 1 saturated carbocycles. The van der Waals surface area contributed by atoms with Crippen molar-refractivity contribution in [2.45, 2.75) is 38.0 Å². The summed E-state index contributed by atoms with van der Waals surface area (Å²) < 4.78 is 5.23. The van der Waals surface area contributed by atoms with Crippen molar-refractivity contribution in [2.75, 3.05) is 46.2 Å². The van der Waals surface area contributed by atoms with Crippen LogP contribution in [0.3, 0.4) is 0 Å². The van der Waals surface area contributed by atoms with Gasteiger partial charge in [-0.2, -0.15) is 0 Å². The van der Waals surface area contributed by atoms with E-state index in [1.165, 1.54) is 16.2 Å². The normalized spacial score (nSPS) is 18.5. The number of hydrogen-bond donors (Lipinski definition) is 1. The third-order valence-corrected chi connectivity index (χ3v) is 5.98. The van der Waals surface area contributed by atoms with Crippen LogP contribution in [0.2, 0.25) is 0 Å². The maximum Gasteiger partial charge on any atom is 0.291 e. The van der Waals surface area contributed by atoms with E-state index in [0.717, 1.165) is 36.9 Å². The van der Waals surface area contributed by atoms with Gasteiger partial charge in [0.15, 0.2) is 0 Å². The Bertz CT molecular complexity index is 771. The summed E-state index contributed by atoms with van der Waals surface area (Å²) in [5.74, 6) is -0.659. The maximum absolute atomic E-state index is 13.1. The number of methoxy groups -OCH3 is 1. The molecule has 1 fully saturated rings. The number of nitrogens with zero attached hydrogens (tertiary/aromatic N) is 2. The van der Waals surface area contributed by atoms with Crippen molar-refractivity contribution >= 4 is 23.3 Å². The van der Waals surface area contributed by atoms with Crippen LogP contribution in [0.15, 0.2) is 18.2 Å². The van der Waals surface area contributed by atoms with Crippen LogP contribution in [0, 0.1) is 5.92 Å². The zero-order valence-electron chi connectivity index (χ0n) is 17.6. The van der Waals surface area contributed by atoms with E-state index in [-0.39, 0.29) is 12.5 Å². The second kappa shape index (κ2) is 9.29. The molecule has 7 heteroatoms. The van der Waals surface area contributed by atoms with Gasteiger partial charge in [-0.05, 0) is 30.4 Å². The van der Waals surface area contributed by atoms with Crippen LogP contribution in [0.1, 0.15) is 43.6 Å². The van der Waals surface area contributed by atoms with Crippen molar-refractivity contribution in [1.29, 1.82) is 0 Å². The number of benzene rings is 1. The van der Waals surface area contributed by atoms with Crippen LogP contribution < -0.4 is 10.1 Å². The Kier molecular flexibility index (Phi) is 6.77. The highest BCUT2D eigenvalue weighted by molar-refractivity contribution is 6.38. The summed E-state index contributed by atoms with van der Waals surface area (Å²) in [6.45, 7) is 0.801. The van der Waals surface area contributed by atoms with Gasteiger partial charge in [0.05, 0.1) is 13.0 Å². The molecule has 1 aromatic carbocycles. The Labute approximate surface area is 172 Å². The fraction of sp³-hybridized carbons (Fsp3) is 0.591. The molecule has 1 aliphatic carbocycles. The summed E-state index contributed by atoms with van der Waals surface area (Å²) >= 11 is 0. The van der Waals surface area contributed by atoms with Gasteiger partial charge >= 0.3 is 0 Å². The minimum Gasteiger partial charge on any atom is -0.497 e. The lowest BCUT2D eigenvalue weighted by atomic mass is 9.88. The Morgan fingerprint density at radius 1 is 1.14 bits per heavy atom. The second-order valence-electron chi connectivity index (χ2n) is 8.23. The number of Topliss-reactive ketones (excluding diaryl/α,β-unsaturated/α-hetero) is 1. The van der Waals surface area contributed by atoms with Gasteiger partial charge in [0.1, 0.15) is 12.3 Å². The number of amides is 2. The van der Waals surface area contributed by atoms with Crippen molar-refractivity contribution in [2.24, 2.45) is 5.92 Å². The largest absolute Gasteiger partial charge is 0.497 e. The summed E-state index contributed by atoms with van der Waals surface area (Å²) in [7, 11) is 4.92. The molecule has 3 rings (SSSR count). The standard InChI is InChI=1S/C22H31N3O4/c1-24(2)20(26)14-25(13-15-7-5-4-6-8-15)22(28)21(27)18-12-23-19-11-16(29-3)9-10-17(18)19/h9-11,15,18,23H,4-8,12-14H2,1-3H3. The lowest BCUT2D eigenvalue weighted by Crippen LogP contribution is -2.47. The summed E-state index contributed by atoms with van der Waals surface area (Å²) in [6.07, 6.45) is 5.59. The topological polar surface area (TPSA) is 79.0 Å². The summed E-state index contributed by atoms with van der Waals surface area (Å²) in [4.78, 5) is 41.5. The van der Waals surface area contributed by atoms with Crippen LogP contribution in [0.4, 0.5) is 5.69 Å². The van der Waals surface area contributed by atoms with E-state index < -0.39 is 17.6 Å². The van der Waals surface area contributed by atoms with E-state index in [1.807, 2.05) is 12.1 Å².